The zero-order chi connectivity index (χ0) is 28.2. The van der Waals surface area contributed by atoms with Crippen LogP contribution < -0.4 is 10.9 Å². The van der Waals surface area contributed by atoms with Gasteiger partial charge < -0.3 is 14.9 Å². The minimum atomic E-state index is -0.994. The molecule has 0 unspecified atom stereocenters. The summed E-state index contributed by atoms with van der Waals surface area (Å²) >= 11 is 0. The Kier molecular flexibility index (Phi) is 7.63. The number of amides is 1. The monoisotopic (exact) mass is 540 g/mol. The van der Waals surface area contributed by atoms with E-state index in [4.69, 9.17) is 0 Å². The first kappa shape index (κ1) is 26.7. The van der Waals surface area contributed by atoms with E-state index in [0.29, 0.717) is 29.7 Å². The molecule has 202 valence electrons. The van der Waals surface area contributed by atoms with Crippen LogP contribution in [0.15, 0.2) is 84.0 Å². The van der Waals surface area contributed by atoms with Crippen molar-refractivity contribution in [1.82, 2.24) is 19.9 Å². The number of carbonyl (C=O) groups is 2. The van der Waals surface area contributed by atoms with Gasteiger partial charge in [-0.1, -0.05) is 30.3 Å². The van der Waals surface area contributed by atoms with Gasteiger partial charge in [-0.2, -0.15) is 0 Å². The second-order valence-corrected chi connectivity index (χ2v) is 9.41. The number of hydrogen-bond acceptors (Lipinski definition) is 4. The van der Waals surface area contributed by atoms with Gasteiger partial charge in [0.2, 0.25) is 0 Å². The summed E-state index contributed by atoms with van der Waals surface area (Å²) in [6.45, 7) is 2.38. The number of carbonyl (C=O) groups excluding carboxylic acids is 2. The van der Waals surface area contributed by atoms with Crippen LogP contribution in [0.2, 0.25) is 0 Å². The fourth-order valence-electron chi connectivity index (χ4n) is 4.62. The Hall–Kier alpha value is -4.92. The van der Waals surface area contributed by atoms with Crippen molar-refractivity contribution in [1.29, 1.82) is 0 Å². The lowest BCUT2D eigenvalue weighted by Gasteiger charge is -2.09. The number of pyridine rings is 2. The zero-order valence-electron chi connectivity index (χ0n) is 21.7. The minimum Gasteiger partial charge on any atom is -0.352 e. The fourth-order valence-corrected chi connectivity index (χ4v) is 4.62. The molecular weight excluding hydrogens is 514 g/mol. The molecule has 0 bridgehead atoms. The third-order valence-corrected chi connectivity index (χ3v) is 6.67. The van der Waals surface area contributed by atoms with Gasteiger partial charge in [0.05, 0.1) is 17.7 Å². The van der Waals surface area contributed by atoms with Gasteiger partial charge in [0, 0.05) is 42.5 Å². The van der Waals surface area contributed by atoms with Crippen molar-refractivity contribution in [3.63, 3.8) is 0 Å². The molecule has 0 saturated heterocycles. The maximum atomic E-state index is 13.6. The standard InChI is InChI=1S/C31H26F2N4O3/c1-2-34-30(39)22-15-24-25(17-36-29(24)35-16-22)21-6-3-5-19(13-21)9-11-28(38)23-7-4-12-37(31(23)40)18-20-8-10-26(32)27(33)14-20/h3-8,10,12-17H,2,9,11,18H2,1H3,(H,34,39)(H,35,36). The Balaban J connectivity index is 1.32. The van der Waals surface area contributed by atoms with Crippen LogP contribution in [-0.4, -0.2) is 32.8 Å². The van der Waals surface area contributed by atoms with Gasteiger partial charge in [-0.15, -0.1) is 0 Å². The molecule has 7 nitrogen and oxygen atoms in total. The molecule has 1 amide bonds. The Labute approximate surface area is 228 Å². The van der Waals surface area contributed by atoms with Gasteiger partial charge in [0.25, 0.3) is 11.5 Å². The highest BCUT2D eigenvalue weighted by atomic mass is 19.2. The van der Waals surface area contributed by atoms with Crippen molar-refractivity contribution in [2.45, 2.75) is 26.3 Å². The topological polar surface area (TPSA) is 96.8 Å². The lowest BCUT2D eigenvalue weighted by atomic mass is 9.98. The third-order valence-electron chi connectivity index (χ3n) is 6.67. The Morgan fingerprint density at radius 1 is 1.00 bits per heavy atom. The number of Topliss-reactive ketones (excluding diaryl/α,β-unsaturated/α-hetero) is 1. The second kappa shape index (κ2) is 11.4. The largest absolute Gasteiger partial charge is 0.352 e. The van der Waals surface area contributed by atoms with Crippen LogP contribution in [-0.2, 0) is 13.0 Å². The number of nitrogens with one attached hydrogen (secondary N) is 2. The van der Waals surface area contributed by atoms with E-state index >= 15 is 0 Å². The number of aromatic amines is 1. The number of benzene rings is 2. The Morgan fingerprint density at radius 3 is 2.65 bits per heavy atom. The average molecular weight is 541 g/mol. The molecule has 0 fully saturated rings. The number of ketones is 1. The molecule has 0 aliphatic rings. The molecule has 0 aliphatic carbocycles. The summed E-state index contributed by atoms with van der Waals surface area (Å²) in [5, 5.41) is 3.59. The number of rotatable bonds is 9. The van der Waals surface area contributed by atoms with E-state index in [1.165, 1.54) is 29.1 Å². The summed E-state index contributed by atoms with van der Waals surface area (Å²) in [6.07, 6.45) is 5.41. The zero-order valence-corrected chi connectivity index (χ0v) is 21.7. The number of halogens is 2. The molecule has 40 heavy (non-hydrogen) atoms. The average Bonchev–Trinajstić information content (AvgIpc) is 3.38. The highest BCUT2D eigenvalue weighted by Crippen LogP contribution is 2.29. The highest BCUT2D eigenvalue weighted by molar-refractivity contribution is 6.01. The van der Waals surface area contributed by atoms with E-state index in [1.54, 1.807) is 12.1 Å². The molecule has 0 atom stereocenters. The van der Waals surface area contributed by atoms with E-state index in [2.05, 4.69) is 15.3 Å². The number of hydrogen-bond donors (Lipinski definition) is 2. The van der Waals surface area contributed by atoms with Crippen molar-refractivity contribution < 1.29 is 18.4 Å². The quantitative estimate of drug-likeness (QED) is 0.249. The molecule has 2 N–H and O–H groups in total. The summed E-state index contributed by atoms with van der Waals surface area (Å²) < 4.78 is 28.1. The van der Waals surface area contributed by atoms with Crippen LogP contribution in [0.3, 0.4) is 0 Å². The predicted molar refractivity (Wildman–Crippen MR) is 148 cm³/mol. The van der Waals surface area contributed by atoms with E-state index in [-0.39, 0.29) is 30.2 Å². The first-order chi connectivity index (χ1) is 19.3. The van der Waals surface area contributed by atoms with Gasteiger partial charge in [-0.05, 0) is 60.4 Å². The van der Waals surface area contributed by atoms with E-state index in [1.807, 2.05) is 37.4 Å². The molecule has 3 aromatic heterocycles. The number of nitrogens with zero attached hydrogens (tertiary/aromatic N) is 2. The maximum absolute atomic E-state index is 13.6. The van der Waals surface area contributed by atoms with Crippen LogP contribution in [0.1, 0.15) is 45.2 Å². The van der Waals surface area contributed by atoms with Gasteiger partial charge in [0.15, 0.2) is 17.4 Å². The predicted octanol–water partition coefficient (Wildman–Crippen LogP) is 5.28. The maximum Gasteiger partial charge on any atom is 0.261 e. The molecule has 0 radical (unpaired) electrons. The van der Waals surface area contributed by atoms with Crippen LogP contribution in [0.5, 0.6) is 0 Å². The molecule has 2 aromatic carbocycles. The summed E-state index contributed by atoms with van der Waals surface area (Å²) in [7, 11) is 0. The van der Waals surface area contributed by atoms with E-state index in [9.17, 15) is 23.2 Å². The van der Waals surface area contributed by atoms with Gasteiger partial charge in [-0.3, -0.25) is 14.4 Å². The summed E-state index contributed by atoms with van der Waals surface area (Å²) in [6, 6.07) is 16.0. The summed E-state index contributed by atoms with van der Waals surface area (Å²) in [4.78, 5) is 45.8. The van der Waals surface area contributed by atoms with Crippen molar-refractivity contribution in [3.8, 4) is 11.1 Å². The van der Waals surface area contributed by atoms with Crippen molar-refractivity contribution in [3.05, 3.63) is 123 Å². The van der Waals surface area contributed by atoms with Crippen molar-refractivity contribution in [2.75, 3.05) is 6.54 Å². The van der Waals surface area contributed by atoms with Crippen molar-refractivity contribution >= 4 is 22.7 Å². The number of aryl methyl sites for hydroxylation is 1. The van der Waals surface area contributed by atoms with Crippen LogP contribution >= 0.6 is 0 Å². The van der Waals surface area contributed by atoms with Crippen LogP contribution in [0, 0.1) is 11.6 Å². The van der Waals surface area contributed by atoms with Gasteiger partial charge in [0.1, 0.15) is 5.65 Å². The first-order valence-corrected chi connectivity index (χ1v) is 12.8. The number of H-pyrrole nitrogens is 1. The van der Waals surface area contributed by atoms with E-state index < -0.39 is 17.2 Å². The number of fused-ring (bicyclic) bond motifs is 1. The molecular formula is C31H26F2N4O3. The van der Waals surface area contributed by atoms with Gasteiger partial charge >= 0.3 is 0 Å². The third kappa shape index (κ3) is 5.58. The van der Waals surface area contributed by atoms with E-state index in [0.717, 1.165) is 34.2 Å². The molecule has 3 heterocycles. The normalized spacial score (nSPS) is 11.1. The number of aromatic nitrogens is 3. The van der Waals surface area contributed by atoms with Crippen LogP contribution in [0.4, 0.5) is 8.78 Å². The summed E-state index contributed by atoms with van der Waals surface area (Å²) in [5.74, 6) is -2.46. The van der Waals surface area contributed by atoms with Crippen LogP contribution in [0.25, 0.3) is 22.2 Å². The minimum absolute atomic E-state index is 0.0144. The molecule has 5 rings (SSSR count). The second-order valence-electron chi connectivity index (χ2n) is 9.41. The highest BCUT2D eigenvalue weighted by Gasteiger charge is 2.15. The molecule has 0 spiro atoms. The Bertz CT molecular complexity index is 1790. The smallest absolute Gasteiger partial charge is 0.261 e. The summed E-state index contributed by atoms with van der Waals surface area (Å²) in [5.41, 5.74) is 3.79. The molecule has 5 aromatic rings. The lowest BCUT2D eigenvalue weighted by Crippen LogP contribution is -2.26. The molecule has 9 heteroatoms. The fraction of sp³-hybridized carbons (Fsp3) is 0.161. The molecule has 0 saturated carbocycles. The lowest BCUT2D eigenvalue weighted by molar-refractivity contribution is 0.0953. The Morgan fingerprint density at radius 2 is 1.85 bits per heavy atom. The van der Waals surface area contributed by atoms with Crippen molar-refractivity contribution in [2.24, 2.45) is 0 Å². The SMILES string of the molecule is CCNC(=O)c1cnc2[nH]cc(-c3cccc(CCC(=O)c4cccn(Cc5ccc(F)c(F)c5)c4=O)c3)c2c1. The molecule has 0 aliphatic heterocycles. The van der Waals surface area contributed by atoms with Gasteiger partial charge in [-0.25, -0.2) is 13.8 Å². The first-order valence-electron chi connectivity index (χ1n) is 12.8.